The Balaban J connectivity index is 3.42. The van der Waals surface area contributed by atoms with Crippen molar-refractivity contribution in [1.82, 2.24) is 0 Å². The van der Waals surface area contributed by atoms with E-state index in [1.807, 2.05) is 0 Å². The highest BCUT2D eigenvalue weighted by atomic mass is 16.5. The van der Waals surface area contributed by atoms with E-state index in [0.717, 1.165) is 6.42 Å². The van der Waals surface area contributed by atoms with E-state index in [4.69, 9.17) is 10.1 Å². The van der Waals surface area contributed by atoms with Crippen LogP contribution in [0.3, 0.4) is 0 Å². The van der Waals surface area contributed by atoms with E-state index in [2.05, 4.69) is 20.8 Å². The molecule has 0 aromatic carbocycles. The second-order valence-electron chi connectivity index (χ2n) is 4.27. The normalized spacial score (nSPS) is 11.0. The zero-order valence-corrected chi connectivity index (χ0v) is 8.72. The molecule has 3 nitrogen and oxygen atoms in total. The van der Waals surface area contributed by atoms with Crippen LogP contribution >= 0.6 is 0 Å². The fraction of sp³-hybridized carbons (Fsp3) is 0.800. The predicted octanol–water partition coefficient (Wildman–Crippen LogP) is 2.40. The molecule has 0 aromatic heterocycles. The second kappa shape index (κ2) is 5.73. The summed E-state index contributed by atoms with van der Waals surface area (Å²) in [6.07, 6.45) is 2.91. The lowest BCUT2D eigenvalue weighted by Gasteiger charge is -2.17. The van der Waals surface area contributed by atoms with Gasteiger partial charge in [-0.25, -0.2) is 0 Å². The van der Waals surface area contributed by atoms with Gasteiger partial charge in [-0.3, -0.25) is 4.79 Å². The summed E-state index contributed by atoms with van der Waals surface area (Å²) < 4.78 is 4.98. The standard InChI is InChI=1S/C10H19NO2/c1-10(2,3)6-8-13-9(12)5-4-7-11/h7,11H,4-6,8H2,1-3H3. The molecule has 3 heteroatoms. The van der Waals surface area contributed by atoms with Crippen molar-refractivity contribution in [1.29, 1.82) is 5.41 Å². The summed E-state index contributed by atoms with van der Waals surface area (Å²) >= 11 is 0. The minimum Gasteiger partial charge on any atom is -0.466 e. The predicted molar refractivity (Wildman–Crippen MR) is 53.0 cm³/mol. The Morgan fingerprint density at radius 1 is 1.46 bits per heavy atom. The van der Waals surface area contributed by atoms with Crippen LogP contribution in [0.4, 0.5) is 0 Å². The molecule has 0 bridgehead atoms. The van der Waals surface area contributed by atoms with E-state index in [1.165, 1.54) is 6.21 Å². The van der Waals surface area contributed by atoms with Crippen LogP contribution in [0.1, 0.15) is 40.0 Å². The van der Waals surface area contributed by atoms with Crippen molar-refractivity contribution in [3.8, 4) is 0 Å². The molecule has 0 aliphatic carbocycles. The molecule has 0 fully saturated rings. The molecule has 0 saturated carbocycles. The van der Waals surface area contributed by atoms with Crippen LogP contribution in [0.5, 0.6) is 0 Å². The van der Waals surface area contributed by atoms with Gasteiger partial charge in [0.2, 0.25) is 0 Å². The number of hydrogen-bond acceptors (Lipinski definition) is 3. The molecule has 13 heavy (non-hydrogen) atoms. The first-order valence-corrected chi connectivity index (χ1v) is 4.60. The molecule has 0 saturated heterocycles. The maximum absolute atomic E-state index is 11.0. The molecule has 0 amide bonds. The van der Waals surface area contributed by atoms with Crippen molar-refractivity contribution in [2.24, 2.45) is 5.41 Å². The summed E-state index contributed by atoms with van der Waals surface area (Å²) in [5, 5.41) is 6.74. The molecule has 76 valence electrons. The van der Waals surface area contributed by atoms with E-state index >= 15 is 0 Å². The first kappa shape index (κ1) is 12.1. The Hall–Kier alpha value is -0.860. The molecule has 0 aromatic rings. The van der Waals surface area contributed by atoms with Crippen LogP contribution < -0.4 is 0 Å². The van der Waals surface area contributed by atoms with Gasteiger partial charge in [0.25, 0.3) is 0 Å². The molecule has 0 aliphatic heterocycles. The van der Waals surface area contributed by atoms with Crippen LogP contribution in [0, 0.1) is 10.8 Å². The number of rotatable bonds is 5. The maximum Gasteiger partial charge on any atom is 0.306 e. The van der Waals surface area contributed by atoms with Gasteiger partial charge in [-0.1, -0.05) is 20.8 Å². The second-order valence-corrected chi connectivity index (χ2v) is 4.27. The summed E-state index contributed by atoms with van der Waals surface area (Å²) in [6.45, 7) is 6.82. The van der Waals surface area contributed by atoms with Crippen molar-refractivity contribution in [3.63, 3.8) is 0 Å². The average Bonchev–Trinajstić information content (AvgIpc) is 1.98. The number of esters is 1. The third-order valence-corrected chi connectivity index (χ3v) is 1.61. The number of carbonyl (C=O) groups excluding carboxylic acids is 1. The van der Waals surface area contributed by atoms with Gasteiger partial charge in [-0.2, -0.15) is 0 Å². The molecule has 0 radical (unpaired) electrons. The van der Waals surface area contributed by atoms with Gasteiger partial charge >= 0.3 is 5.97 Å². The molecule has 1 N–H and O–H groups in total. The Morgan fingerprint density at radius 3 is 2.54 bits per heavy atom. The summed E-state index contributed by atoms with van der Waals surface area (Å²) in [4.78, 5) is 11.0. The lowest BCUT2D eigenvalue weighted by molar-refractivity contribution is -0.144. The van der Waals surface area contributed by atoms with Crippen LogP contribution in [0.15, 0.2) is 0 Å². The minimum absolute atomic E-state index is 0.201. The third-order valence-electron chi connectivity index (χ3n) is 1.61. The lowest BCUT2D eigenvalue weighted by atomic mass is 9.93. The van der Waals surface area contributed by atoms with Crippen molar-refractivity contribution in [2.75, 3.05) is 6.61 Å². The molecule has 0 atom stereocenters. The van der Waals surface area contributed by atoms with Gasteiger partial charge in [0.15, 0.2) is 0 Å². The molecule has 0 aliphatic rings. The van der Waals surface area contributed by atoms with E-state index in [9.17, 15) is 4.79 Å². The number of ether oxygens (including phenoxy) is 1. The Kier molecular flexibility index (Phi) is 5.35. The zero-order chi connectivity index (χ0) is 10.3. The quantitative estimate of drug-likeness (QED) is 0.528. The number of hydrogen-bond donors (Lipinski definition) is 1. The summed E-state index contributed by atoms with van der Waals surface area (Å²) in [5.74, 6) is -0.201. The Morgan fingerprint density at radius 2 is 2.08 bits per heavy atom. The van der Waals surface area contributed by atoms with E-state index < -0.39 is 0 Å². The van der Waals surface area contributed by atoms with Gasteiger partial charge in [-0.15, -0.1) is 0 Å². The van der Waals surface area contributed by atoms with Gasteiger partial charge < -0.3 is 10.1 Å². The largest absolute Gasteiger partial charge is 0.466 e. The first-order chi connectivity index (χ1) is 5.95. The highest BCUT2D eigenvalue weighted by molar-refractivity contribution is 5.72. The Labute approximate surface area is 80.0 Å². The van der Waals surface area contributed by atoms with Gasteiger partial charge in [0.05, 0.1) is 13.0 Å². The van der Waals surface area contributed by atoms with Crippen LogP contribution in [-0.4, -0.2) is 18.8 Å². The van der Waals surface area contributed by atoms with Gasteiger partial charge in [-0.05, 0) is 24.5 Å². The van der Waals surface area contributed by atoms with Gasteiger partial charge in [0, 0.05) is 0 Å². The van der Waals surface area contributed by atoms with E-state index in [1.54, 1.807) is 0 Å². The maximum atomic E-state index is 11.0. The van der Waals surface area contributed by atoms with E-state index in [-0.39, 0.29) is 11.4 Å². The van der Waals surface area contributed by atoms with Crippen LogP contribution in [0.2, 0.25) is 0 Å². The van der Waals surface area contributed by atoms with Gasteiger partial charge in [0.1, 0.15) is 0 Å². The monoisotopic (exact) mass is 185 g/mol. The van der Waals surface area contributed by atoms with Crippen molar-refractivity contribution in [3.05, 3.63) is 0 Å². The molecule has 0 spiro atoms. The number of nitrogens with one attached hydrogen (secondary N) is 1. The molecule has 0 heterocycles. The molecule has 0 unspecified atom stereocenters. The van der Waals surface area contributed by atoms with Crippen molar-refractivity contribution in [2.45, 2.75) is 40.0 Å². The SMILES string of the molecule is CC(C)(C)CCOC(=O)CCC=N. The number of carbonyl (C=O) groups is 1. The minimum atomic E-state index is -0.201. The topological polar surface area (TPSA) is 50.2 Å². The van der Waals surface area contributed by atoms with Crippen LogP contribution in [-0.2, 0) is 9.53 Å². The summed E-state index contributed by atoms with van der Waals surface area (Å²) in [7, 11) is 0. The summed E-state index contributed by atoms with van der Waals surface area (Å²) in [5.41, 5.74) is 0.210. The third kappa shape index (κ3) is 9.05. The molecule has 0 rings (SSSR count). The molecular weight excluding hydrogens is 166 g/mol. The highest BCUT2D eigenvalue weighted by Crippen LogP contribution is 2.17. The van der Waals surface area contributed by atoms with E-state index in [0.29, 0.717) is 19.4 Å². The fourth-order valence-electron chi connectivity index (χ4n) is 0.733. The van der Waals surface area contributed by atoms with Crippen molar-refractivity contribution < 1.29 is 9.53 Å². The van der Waals surface area contributed by atoms with Crippen molar-refractivity contribution >= 4 is 12.2 Å². The lowest BCUT2D eigenvalue weighted by Crippen LogP contribution is -2.13. The Bertz CT molecular complexity index is 170. The average molecular weight is 185 g/mol. The zero-order valence-electron chi connectivity index (χ0n) is 8.72. The summed E-state index contributed by atoms with van der Waals surface area (Å²) in [6, 6.07) is 0. The van der Waals surface area contributed by atoms with Crippen LogP contribution in [0.25, 0.3) is 0 Å². The smallest absolute Gasteiger partial charge is 0.306 e. The molecular formula is C10H19NO2. The highest BCUT2D eigenvalue weighted by Gasteiger charge is 2.10. The first-order valence-electron chi connectivity index (χ1n) is 4.60. The fourth-order valence-corrected chi connectivity index (χ4v) is 0.733.